The van der Waals surface area contributed by atoms with Crippen LogP contribution in [0.3, 0.4) is 0 Å². The highest BCUT2D eigenvalue weighted by molar-refractivity contribution is 5.19. The van der Waals surface area contributed by atoms with Crippen LogP contribution >= 0.6 is 0 Å². The molecule has 0 bridgehead atoms. The fraction of sp³-hybridized carbons (Fsp3) is 0.500. The van der Waals surface area contributed by atoms with Crippen LogP contribution in [0.5, 0.6) is 0 Å². The molecule has 0 saturated heterocycles. The standard InChI is InChI=1S/C12H19FN2/c1-9(14)3-8-12(15-2)10-4-6-11(13)7-5-10/h4-7,9,12,15H,3,8,14H2,1-2H3. The van der Waals surface area contributed by atoms with Crippen molar-refractivity contribution in [1.82, 2.24) is 5.32 Å². The molecule has 3 N–H and O–H groups in total. The molecule has 0 aromatic heterocycles. The lowest BCUT2D eigenvalue weighted by atomic mass is 10.0. The van der Waals surface area contributed by atoms with E-state index in [1.807, 2.05) is 26.1 Å². The fourth-order valence-electron chi connectivity index (χ4n) is 1.60. The Morgan fingerprint density at radius 1 is 1.27 bits per heavy atom. The second-order valence-electron chi connectivity index (χ2n) is 3.95. The number of halogens is 1. The first-order valence-electron chi connectivity index (χ1n) is 5.31. The number of benzene rings is 1. The Balaban J connectivity index is 2.61. The van der Waals surface area contributed by atoms with Gasteiger partial charge in [-0.25, -0.2) is 4.39 Å². The third-order valence-corrected chi connectivity index (χ3v) is 2.53. The van der Waals surface area contributed by atoms with Crippen molar-refractivity contribution < 1.29 is 4.39 Å². The lowest BCUT2D eigenvalue weighted by Crippen LogP contribution is -2.21. The van der Waals surface area contributed by atoms with Crippen LogP contribution in [0.25, 0.3) is 0 Å². The maximum absolute atomic E-state index is 12.7. The van der Waals surface area contributed by atoms with Gasteiger partial charge in [-0.1, -0.05) is 12.1 Å². The second kappa shape index (κ2) is 5.83. The first kappa shape index (κ1) is 12.1. The molecule has 1 rings (SSSR count). The van der Waals surface area contributed by atoms with E-state index >= 15 is 0 Å². The van der Waals surface area contributed by atoms with Crippen LogP contribution in [-0.4, -0.2) is 13.1 Å². The Labute approximate surface area is 90.7 Å². The summed E-state index contributed by atoms with van der Waals surface area (Å²) in [6.45, 7) is 2.00. The van der Waals surface area contributed by atoms with Crippen molar-refractivity contribution >= 4 is 0 Å². The van der Waals surface area contributed by atoms with E-state index < -0.39 is 0 Å². The summed E-state index contributed by atoms with van der Waals surface area (Å²) >= 11 is 0. The molecule has 0 amide bonds. The minimum Gasteiger partial charge on any atom is -0.328 e. The van der Waals surface area contributed by atoms with E-state index in [2.05, 4.69) is 5.32 Å². The Bertz CT molecular complexity index is 282. The van der Waals surface area contributed by atoms with Gasteiger partial charge in [0.2, 0.25) is 0 Å². The van der Waals surface area contributed by atoms with Crippen LogP contribution in [-0.2, 0) is 0 Å². The van der Waals surface area contributed by atoms with E-state index in [0.29, 0.717) is 0 Å². The summed E-state index contributed by atoms with van der Waals surface area (Å²) in [5, 5.41) is 3.22. The van der Waals surface area contributed by atoms with Gasteiger partial charge >= 0.3 is 0 Å². The van der Waals surface area contributed by atoms with Crippen LogP contribution in [0.2, 0.25) is 0 Å². The van der Waals surface area contributed by atoms with Gasteiger partial charge in [0.05, 0.1) is 0 Å². The third-order valence-electron chi connectivity index (χ3n) is 2.53. The fourth-order valence-corrected chi connectivity index (χ4v) is 1.60. The van der Waals surface area contributed by atoms with Crippen molar-refractivity contribution in [2.75, 3.05) is 7.05 Å². The van der Waals surface area contributed by atoms with Gasteiger partial charge < -0.3 is 11.1 Å². The zero-order valence-electron chi connectivity index (χ0n) is 9.33. The normalized spacial score (nSPS) is 14.9. The van der Waals surface area contributed by atoms with E-state index in [-0.39, 0.29) is 17.9 Å². The minimum absolute atomic E-state index is 0.194. The highest BCUT2D eigenvalue weighted by Crippen LogP contribution is 2.18. The molecule has 3 heteroatoms. The van der Waals surface area contributed by atoms with Crippen LogP contribution in [0.1, 0.15) is 31.4 Å². The van der Waals surface area contributed by atoms with Crippen LogP contribution in [0.15, 0.2) is 24.3 Å². The van der Waals surface area contributed by atoms with Gasteiger partial charge in [-0.15, -0.1) is 0 Å². The summed E-state index contributed by atoms with van der Waals surface area (Å²) in [5.74, 6) is -0.194. The van der Waals surface area contributed by atoms with Crippen molar-refractivity contribution in [3.8, 4) is 0 Å². The van der Waals surface area contributed by atoms with Gasteiger partial charge in [-0.3, -0.25) is 0 Å². The molecule has 0 saturated carbocycles. The van der Waals surface area contributed by atoms with E-state index in [1.54, 1.807) is 0 Å². The van der Waals surface area contributed by atoms with Crippen molar-refractivity contribution in [1.29, 1.82) is 0 Å². The first-order valence-corrected chi connectivity index (χ1v) is 5.31. The maximum atomic E-state index is 12.7. The van der Waals surface area contributed by atoms with Gasteiger partial charge in [-0.05, 0) is 44.5 Å². The molecular weight excluding hydrogens is 191 g/mol. The number of hydrogen-bond acceptors (Lipinski definition) is 2. The van der Waals surface area contributed by atoms with E-state index in [1.165, 1.54) is 12.1 Å². The van der Waals surface area contributed by atoms with Crippen LogP contribution < -0.4 is 11.1 Å². The Morgan fingerprint density at radius 2 is 1.87 bits per heavy atom. The third kappa shape index (κ3) is 3.98. The zero-order valence-corrected chi connectivity index (χ0v) is 9.33. The summed E-state index contributed by atoms with van der Waals surface area (Å²) in [6, 6.07) is 7.09. The molecular formula is C12H19FN2. The Morgan fingerprint density at radius 3 is 2.33 bits per heavy atom. The highest BCUT2D eigenvalue weighted by Gasteiger charge is 2.09. The van der Waals surface area contributed by atoms with Gasteiger partial charge in [0, 0.05) is 12.1 Å². The lowest BCUT2D eigenvalue weighted by Gasteiger charge is -2.17. The molecule has 0 aliphatic carbocycles. The number of rotatable bonds is 5. The molecule has 2 nitrogen and oxygen atoms in total. The van der Waals surface area contributed by atoms with E-state index in [0.717, 1.165) is 18.4 Å². The van der Waals surface area contributed by atoms with E-state index in [4.69, 9.17) is 5.73 Å². The van der Waals surface area contributed by atoms with Gasteiger partial charge in [-0.2, -0.15) is 0 Å². The van der Waals surface area contributed by atoms with Crippen molar-refractivity contribution in [2.45, 2.75) is 31.8 Å². The molecule has 2 atom stereocenters. The summed E-state index contributed by atoms with van der Waals surface area (Å²) in [5.41, 5.74) is 6.82. The summed E-state index contributed by atoms with van der Waals surface area (Å²) in [6.07, 6.45) is 1.93. The topological polar surface area (TPSA) is 38.0 Å². The molecule has 1 aromatic rings. The minimum atomic E-state index is -0.194. The summed E-state index contributed by atoms with van der Waals surface area (Å²) < 4.78 is 12.7. The lowest BCUT2D eigenvalue weighted by molar-refractivity contribution is 0.495. The van der Waals surface area contributed by atoms with Gasteiger partial charge in [0.15, 0.2) is 0 Å². The quantitative estimate of drug-likeness (QED) is 0.782. The molecule has 0 heterocycles. The predicted octanol–water partition coefficient (Wildman–Crippen LogP) is 2.21. The SMILES string of the molecule is CNC(CCC(C)N)c1ccc(F)cc1. The maximum Gasteiger partial charge on any atom is 0.123 e. The van der Waals surface area contributed by atoms with Crippen LogP contribution in [0.4, 0.5) is 4.39 Å². The molecule has 0 aliphatic heterocycles. The molecule has 2 unspecified atom stereocenters. The molecule has 0 aliphatic rings. The smallest absolute Gasteiger partial charge is 0.123 e. The first-order chi connectivity index (χ1) is 7.13. The largest absolute Gasteiger partial charge is 0.328 e. The van der Waals surface area contributed by atoms with Gasteiger partial charge in [0.1, 0.15) is 5.82 Å². The highest BCUT2D eigenvalue weighted by atomic mass is 19.1. The monoisotopic (exact) mass is 210 g/mol. The van der Waals surface area contributed by atoms with Crippen molar-refractivity contribution in [3.05, 3.63) is 35.6 Å². The average Bonchev–Trinajstić information content (AvgIpc) is 2.21. The molecule has 0 radical (unpaired) electrons. The second-order valence-corrected chi connectivity index (χ2v) is 3.95. The number of hydrogen-bond donors (Lipinski definition) is 2. The molecule has 84 valence electrons. The van der Waals surface area contributed by atoms with Crippen molar-refractivity contribution in [3.63, 3.8) is 0 Å². The summed E-state index contributed by atoms with van der Waals surface area (Å²) in [4.78, 5) is 0. The Kier molecular flexibility index (Phi) is 4.72. The number of nitrogens with two attached hydrogens (primary N) is 1. The number of nitrogens with one attached hydrogen (secondary N) is 1. The van der Waals surface area contributed by atoms with Crippen LogP contribution in [0, 0.1) is 5.82 Å². The molecule has 1 aromatic carbocycles. The molecule has 0 spiro atoms. The van der Waals surface area contributed by atoms with E-state index in [9.17, 15) is 4.39 Å². The van der Waals surface area contributed by atoms with Crippen molar-refractivity contribution in [2.24, 2.45) is 5.73 Å². The summed E-state index contributed by atoms with van der Waals surface area (Å²) in [7, 11) is 1.91. The average molecular weight is 210 g/mol. The molecule has 0 fully saturated rings. The molecule has 15 heavy (non-hydrogen) atoms. The predicted molar refractivity (Wildman–Crippen MR) is 61.1 cm³/mol. The zero-order chi connectivity index (χ0) is 11.3. The Hall–Kier alpha value is -0.930. The van der Waals surface area contributed by atoms with Gasteiger partial charge in [0.25, 0.3) is 0 Å².